The number of carboxylic acid groups (broad SMARTS) is 1. The zero-order chi connectivity index (χ0) is 13.8. The molecular weight excluding hydrogens is 286 g/mol. The molecule has 1 atom stereocenters. The minimum Gasteiger partial charge on any atom is -0.480 e. The Labute approximate surface area is 123 Å². The number of rotatable bonds is 3. The predicted molar refractivity (Wildman–Crippen MR) is 73.7 cm³/mol. The maximum Gasteiger partial charge on any atom is 0.320 e. The molecule has 0 aromatic heterocycles. The summed E-state index contributed by atoms with van der Waals surface area (Å²) >= 11 is 0. The van der Waals surface area contributed by atoms with Gasteiger partial charge in [0, 0.05) is 13.1 Å². The molecule has 0 bridgehead atoms. The molecule has 2 saturated heterocycles. The van der Waals surface area contributed by atoms with Gasteiger partial charge in [0.15, 0.2) is 0 Å². The van der Waals surface area contributed by atoms with E-state index in [1.807, 2.05) is 0 Å². The van der Waals surface area contributed by atoms with E-state index in [1.165, 1.54) is 4.90 Å². The monoisotopic (exact) mass is 305 g/mol. The molecule has 0 aromatic rings. The molecule has 2 rings (SSSR count). The van der Waals surface area contributed by atoms with Crippen molar-refractivity contribution in [3.05, 3.63) is 0 Å². The van der Waals surface area contributed by atoms with E-state index in [0.717, 1.165) is 12.8 Å². The minimum absolute atomic E-state index is 0. The van der Waals surface area contributed by atoms with Crippen molar-refractivity contribution in [2.24, 2.45) is 0 Å². The third-order valence-electron chi connectivity index (χ3n) is 3.63. The number of nitrogens with zero attached hydrogens (tertiary/aromatic N) is 2. The summed E-state index contributed by atoms with van der Waals surface area (Å²) in [5.74, 6) is -1.19. The van der Waals surface area contributed by atoms with Gasteiger partial charge in [-0.2, -0.15) is 0 Å². The number of hydrogen-bond donors (Lipinski definition) is 2. The number of hydrogen-bond acceptors (Lipinski definition) is 4. The number of nitrogens with one attached hydrogen (secondary N) is 1. The topological polar surface area (TPSA) is 90.0 Å². The van der Waals surface area contributed by atoms with Crippen LogP contribution in [-0.2, 0) is 14.4 Å². The average Bonchev–Trinajstić information content (AvgIpc) is 2.39. The summed E-state index contributed by atoms with van der Waals surface area (Å²) in [6, 6.07) is -0.573. The summed E-state index contributed by atoms with van der Waals surface area (Å²) in [5, 5.41) is 11.8. The Morgan fingerprint density at radius 2 is 2.05 bits per heavy atom. The third kappa shape index (κ3) is 4.08. The number of carbonyl (C=O) groups excluding carboxylic acids is 2. The normalized spacial score (nSPS) is 23.7. The van der Waals surface area contributed by atoms with Crippen LogP contribution in [0.15, 0.2) is 0 Å². The second kappa shape index (κ2) is 7.44. The Balaban J connectivity index is 0.00000200. The van der Waals surface area contributed by atoms with E-state index in [2.05, 4.69) is 5.32 Å². The summed E-state index contributed by atoms with van der Waals surface area (Å²) in [5.41, 5.74) is 0. The van der Waals surface area contributed by atoms with Gasteiger partial charge in [0.1, 0.15) is 6.04 Å². The quantitative estimate of drug-likeness (QED) is 0.720. The number of halogens is 1. The number of piperidine rings is 1. The highest BCUT2D eigenvalue weighted by Crippen LogP contribution is 2.17. The van der Waals surface area contributed by atoms with Crippen LogP contribution < -0.4 is 5.32 Å². The fourth-order valence-electron chi connectivity index (χ4n) is 2.59. The third-order valence-corrected chi connectivity index (χ3v) is 3.63. The molecule has 0 radical (unpaired) electrons. The van der Waals surface area contributed by atoms with Crippen LogP contribution in [0.1, 0.15) is 19.3 Å². The molecule has 2 amide bonds. The van der Waals surface area contributed by atoms with Gasteiger partial charge >= 0.3 is 5.97 Å². The summed E-state index contributed by atoms with van der Waals surface area (Å²) in [6.07, 6.45) is 2.38. The Kier molecular flexibility index (Phi) is 6.22. The number of amides is 2. The van der Waals surface area contributed by atoms with Gasteiger partial charge in [-0.1, -0.05) is 6.42 Å². The molecule has 8 heteroatoms. The summed E-state index contributed by atoms with van der Waals surface area (Å²) in [6.45, 7) is 1.75. The van der Waals surface area contributed by atoms with Gasteiger partial charge in [-0.25, -0.2) is 0 Å². The average molecular weight is 306 g/mol. The summed E-state index contributed by atoms with van der Waals surface area (Å²) < 4.78 is 0. The molecule has 0 saturated carbocycles. The fraction of sp³-hybridized carbons (Fsp3) is 0.750. The molecule has 2 heterocycles. The zero-order valence-corrected chi connectivity index (χ0v) is 12.0. The first-order valence-electron chi connectivity index (χ1n) is 6.59. The molecule has 2 fully saturated rings. The molecule has 1 unspecified atom stereocenters. The highest BCUT2D eigenvalue weighted by Gasteiger charge is 2.31. The number of aliphatic carboxylic acids is 1. The van der Waals surface area contributed by atoms with Crippen molar-refractivity contribution in [1.82, 2.24) is 15.1 Å². The molecule has 114 valence electrons. The highest BCUT2D eigenvalue weighted by atomic mass is 35.5. The van der Waals surface area contributed by atoms with Gasteiger partial charge in [-0.05, 0) is 19.4 Å². The van der Waals surface area contributed by atoms with Gasteiger partial charge in [0.05, 0.1) is 13.1 Å². The highest BCUT2D eigenvalue weighted by molar-refractivity contribution is 5.87. The van der Waals surface area contributed by atoms with Crippen molar-refractivity contribution >= 4 is 30.2 Å². The maximum atomic E-state index is 12.1. The second-order valence-electron chi connectivity index (χ2n) is 4.99. The summed E-state index contributed by atoms with van der Waals surface area (Å²) in [4.78, 5) is 37.7. The Morgan fingerprint density at radius 3 is 2.70 bits per heavy atom. The van der Waals surface area contributed by atoms with Gasteiger partial charge in [-0.15, -0.1) is 12.4 Å². The van der Waals surface area contributed by atoms with Crippen LogP contribution in [0.5, 0.6) is 0 Å². The van der Waals surface area contributed by atoms with Crippen LogP contribution >= 0.6 is 12.4 Å². The van der Waals surface area contributed by atoms with Crippen LogP contribution in [0.2, 0.25) is 0 Å². The molecule has 0 spiro atoms. The largest absolute Gasteiger partial charge is 0.480 e. The van der Waals surface area contributed by atoms with E-state index in [1.54, 1.807) is 4.90 Å². The van der Waals surface area contributed by atoms with Crippen molar-refractivity contribution < 1.29 is 19.5 Å². The van der Waals surface area contributed by atoms with Crippen molar-refractivity contribution in [1.29, 1.82) is 0 Å². The fourth-order valence-corrected chi connectivity index (χ4v) is 2.59. The standard InChI is InChI=1S/C12H19N3O4.ClH/c16-10-7-15(6-4-13-10)11(17)8-14-5-2-1-3-9(14)12(18)19;/h9H,1-8H2,(H,13,16)(H,18,19);1H. The van der Waals surface area contributed by atoms with E-state index in [-0.39, 0.29) is 37.3 Å². The Hall–Kier alpha value is -1.34. The Bertz CT molecular complexity index is 391. The number of carboxylic acids is 1. The Morgan fingerprint density at radius 1 is 1.30 bits per heavy atom. The van der Waals surface area contributed by atoms with E-state index in [9.17, 15) is 14.4 Å². The molecule has 2 N–H and O–H groups in total. The predicted octanol–water partition coefficient (Wildman–Crippen LogP) is -0.694. The van der Waals surface area contributed by atoms with E-state index in [0.29, 0.717) is 26.1 Å². The first-order valence-corrected chi connectivity index (χ1v) is 6.59. The molecule has 0 aromatic carbocycles. The van der Waals surface area contributed by atoms with E-state index in [4.69, 9.17) is 5.11 Å². The van der Waals surface area contributed by atoms with Gasteiger partial charge < -0.3 is 15.3 Å². The lowest BCUT2D eigenvalue weighted by Gasteiger charge is -2.34. The SMILES string of the molecule is Cl.O=C1CN(C(=O)CN2CCCCC2C(=O)O)CCN1. The van der Waals surface area contributed by atoms with Crippen molar-refractivity contribution in [3.63, 3.8) is 0 Å². The maximum absolute atomic E-state index is 12.1. The lowest BCUT2D eigenvalue weighted by Crippen LogP contribution is -2.54. The van der Waals surface area contributed by atoms with Crippen LogP contribution in [0.3, 0.4) is 0 Å². The first-order chi connectivity index (χ1) is 9.08. The summed E-state index contributed by atoms with van der Waals surface area (Å²) in [7, 11) is 0. The minimum atomic E-state index is -0.871. The van der Waals surface area contributed by atoms with Crippen LogP contribution in [0.25, 0.3) is 0 Å². The molecule has 2 aliphatic heterocycles. The van der Waals surface area contributed by atoms with E-state index < -0.39 is 12.0 Å². The number of likely N-dealkylation sites (tertiary alicyclic amines) is 1. The lowest BCUT2D eigenvalue weighted by atomic mass is 10.0. The van der Waals surface area contributed by atoms with Crippen LogP contribution in [0.4, 0.5) is 0 Å². The van der Waals surface area contributed by atoms with Crippen LogP contribution in [-0.4, -0.2) is 71.5 Å². The number of piperazine rings is 1. The zero-order valence-electron chi connectivity index (χ0n) is 11.2. The molecule has 20 heavy (non-hydrogen) atoms. The van der Waals surface area contributed by atoms with E-state index >= 15 is 0 Å². The van der Waals surface area contributed by atoms with Crippen molar-refractivity contribution in [2.75, 3.05) is 32.7 Å². The smallest absolute Gasteiger partial charge is 0.320 e. The van der Waals surface area contributed by atoms with Crippen molar-refractivity contribution in [3.8, 4) is 0 Å². The first kappa shape index (κ1) is 16.7. The van der Waals surface area contributed by atoms with Gasteiger partial charge in [-0.3, -0.25) is 19.3 Å². The van der Waals surface area contributed by atoms with Gasteiger partial charge in [0.25, 0.3) is 0 Å². The van der Waals surface area contributed by atoms with Crippen molar-refractivity contribution in [2.45, 2.75) is 25.3 Å². The molecule has 7 nitrogen and oxygen atoms in total. The molecule has 2 aliphatic rings. The number of carbonyl (C=O) groups is 3. The second-order valence-corrected chi connectivity index (χ2v) is 4.99. The van der Waals surface area contributed by atoms with Gasteiger partial charge in [0.2, 0.25) is 11.8 Å². The molecule has 0 aliphatic carbocycles. The molecular formula is C12H20ClN3O4. The van der Waals surface area contributed by atoms with Crippen LogP contribution in [0, 0.1) is 0 Å². The lowest BCUT2D eigenvalue weighted by molar-refractivity contribution is -0.147.